The molecule has 2 aromatic heterocycles. The lowest BCUT2D eigenvalue weighted by atomic mass is 10.2. The summed E-state index contributed by atoms with van der Waals surface area (Å²) in [6.07, 6.45) is 5.86. The fourth-order valence-electron chi connectivity index (χ4n) is 3.01. The van der Waals surface area contributed by atoms with Gasteiger partial charge in [-0.15, -0.1) is 0 Å². The van der Waals surface area contributed by atoms with Crippen molar-refractivity contribution in [3.05, 3.63) is 88.6 Å². The third-order valence-electron chi connectivity index (χ3n) is 4.43. The van der Waals surface area contributed by atoms with Crippen molar-refractivity contribution in [1.29, 1.82) is 0 Å². The van der Waals surface area contributed by atoms with Crippen molar-refractivity contribution < 1.29 is 9.21 Å². The Morgan fingerprint density at radius 3 is 2.83 bits per heavy atom. The highest BCUT2D eigenvalue weighted by atomic mass is 35.5. The number of carbonyl (C=O) groups excluding carboxylic acids is 1. The molecule has 0 aliphatic heterocycles. The molecule has 0 radical (unpaired) electrons. The van der Waals surface area contributed by atoms with Gasteiger partial charge in [-0.2, -0.15) is 5.10 Å². The van der Waals surface area contributed by atoms with Crippen molar-refractivity contribution in [2.24, 2.45) is 0 Å². The van der Waals surface area contributed by atoms with Crippen LogP contribution in [0.1, 0.15) is 17.9 Å². The molecule has 6 nitrogen and oxygen atoms in total. The number of nitrogens with one attached hydrogen (secondary N) is 1. The van der Waals surface area contributed by atoms with Gasteiger partial charge in [0.2, 0.25) is 5.91 Å². The number of benzene rings is 2. The number of hydrogen-bond acceptors (Lipinski definition) is 4. The molecule has 2 aromatic carbocycles. The molecule has 4 aromatic rings. The van der Waals surface area contributed by atoms with Gasteiger partial charge >= 0.3 is 0 Å². The fourth-order valence-corrected chi connectivity index (χ4v) is 3.51. The Labute approximate surface area is 183 Å². The predicted molar refractivity (Wildman–Crippen MR) is 117 cm³/mol. The van der Waals surface area contributed by atoms with E-state index < -0.39 is 0 Å². The van der Waals surface area contributed by atoms with Crippen molar-refractivity contribution in [2.45, 2.75) is 19.4 Å². The molecular formula is C22H18Cl2N4O2. The number of oxazole rings is 1. The maximum atomic E-state index is 12.3. The second kappa shape index (κ2) is 9.15. The summed E-state index contributed by atoms with van der Waals surface area (Å²) in [4.78, 5) is 16.6. The fraction of sp³-hybridized carbons (Fsp3) is 0.136. The van der Waals surface area contributed by atoms with Crippen LogP contribution in [0, 0.1) is 0 Å². The number of aryl methyl sites for hydroxylation is 1. The van der Waals surface area contributed by atoms with Gasteiger partial charge in [0.25, 0.3) is 0 Å². The lowest BCUT2D eigenvalue weighted by molar-refractivity contribution is -0.116. The van der Waals surface area contributed by atoms with Crippen molar-refractivity contribution >= 4 is 34.8 Å². The molecule has 0 spiro atoms. The smallest absolute Gasteiger partial charge is 0.224 e. The first-order valence-corrected chi connectivity index (χ1v) is 10.1. The van der Waals surface area contributed by atoms with Crippen LogP contribution in [-0.4, -0.2) is 20.7 Å². The Hall–Kier alpha value is -3.09. The molecule has 0 aliphatic rings. The summed E-state index contributed by atoms with van der Waals surface area (Å²) in [5.41, 5.74) is 2.50. The standard InChI is InChI=1S/C22H18Cl2N4O2/c23-16-5-6-18(19(24)12-16)20-13-25-22(30-20)8-7-21(29)27-17-4-1-3-15(11-17)14-28-10-2-9-26-28/h1-6,9-13H,7-8,14H2,(H,27,29). The average molecular weight is 441 g/mol. The van der Waals surface area contributed by atoms with Crippen molar-refractivity contribution in [1.82, 2.24) is 14.8 Å². The SMILES string of the molecule is O=C(CCc1ncc(-c2ccc(Cl)cc2Cl)o1)Nc1cccc(Cn2cccn2)c1. The first-order valence-electron chi connectivity index (χ1n) is 9.33. The molecule has 0 bridgehead atoms. The Morgan fingerprint density at radius 2 is 2.03 bits per heavy atom. The highest BCUT2D eigenvalue weighted by Gasteiger charge is 2.12. The molecule has 30 heavy (non-hydrogen) atoms. The second-order valence-corrected chi connectivity index (χ2v) is 7.54. The van der Waals surface area contributed by atoms with E-state index in [4.69, 9.17) is 27.6 Å². The zero-order valence-corrected chi connectivity index (χ0v) is 17.4. The summed E-state index contributed by atoms with van der Waals surface area (Å²) < 4.78 is 7.57. The van der Waals surface area contributed by atoms with E-state index in [0.717, 1.165) is 11.3 Å². The van der Waals surface area contributed by atoms with Crippen molar-refractivity contribution in [2.75, 3.05) is 5.32 Å². The number of nitrogens with zero attached hydrogens (tertiary/aromatic N) is 3. The molecule has 0 saturated carbocycles. The molecule has 152 valence electrons. The summed E-state index contributed by atoms with van der Waals surface area (Å²) in [6, 6.07) is 14.7. The van der Waals surface area contributed by atoms with Gasteiger partial charge < -0.3 is 9.73 Å². The van der Waals surface area contributed by atoms with E-state index in [-0.39, 0.29) is 12.3 Å². The lowest BCUT2D eigenvalue weighted by Crippen LogP contribution is -2.12. The summed E-state index contributed by atoms with van der Waals surface area (Å²) in [5, 5.41) is 8.14. The van der Waals surface area contributed by atoms with Gasteiger partial charge in [-0.25, -0.2) is 4.98 Å². The number of halogens is 2. The van der Waals surface area contributed by atoms with E-state index in [0.29, 0.717) is 40.2 Å². The quantitative estimate of drug-likeness (QED) is 0.413. The van der Waals surface area contributed by atoms with Gasteiger partial charge in [0.1, 0.15) is 0 Å². The second-order valence-electron chi connectivity index (χ2n) is 6.69. The molecule has 8 heteroatoms. The number of carbonyl (C=O) groups is 1. The monoisotopic (exact) mass is 440 g/mol. The van der Waals surface area contributed by atoms with Gasteiger partial charge in [0, 0.05) is 41.5 Å². The maximum absolute atomic E-state index is 12.3. The minimum atomic E-state index is -0.115. The molecule has 0 fully saturated rings. The normalized spacial score (nSPS) is 10.9. The zero-order valence-electron chi connectivity index (χ0n) is 15.9. The first-order chi connectivity index (χ1) is 14.6. The van der Waals surface area contributed by atoms with Crippen molar-refractivity contribution in [3.8, 4) is 11.3 Å². The van der Waals surface area contributed by atoms with Gasteiger partial charge in [0.05, 0.1) is 17.8 Å². The van der Waals surface area contributed by atoms with E-state index >= 15 is 0 Å². The Kier molecular flexibility index (Phi) is 6.16. The Morgan fingerprint density at radius 1 is 1.13 bits per heavy atom. The molecule has 0 saturated heterocycles. The van der Waals surface area contributed by atoms with Crippen LogP contribution in [0.5, 0.6) is 0 Å². The number of aromatic nitrogens is 3. The number of anilines is 1. The van der Waals surface area contributed by atoms with Crippen LogP contribution in [0.25, 0.3) is 11.3 Å². The molecule has 4 rings (SSSR count). The third kappa shape index (κ3) is 5.09. The van der Waals surface area contributed by atoms with E-state index in [1.807, 2.05) is 41.2 Å². The predicted octanol–water partition coefficient (Wildman–Crippen LogP) is 5.46. The highest BCUT2D eigenvalue weighted by molar-refractivity contribution is 6.36. The molecule has 1 N–H and O–H groups in total. The summed E-state index contributed by atoms with van der Waals surface area (Å²) in [7, 11) is 0. The number of amides is 1. The van der Waals surface area contributed by atoms with Crippen molar-refractivity contribution in [3.63, 3.8) is 0 Å². The third-order valence-corrected chi connectivity index (χ3v) is 4.98. The molecule has 0 aliphatic carbocycles. The van der Waals surface area contributed by atoms with E-state index in [1.54, 1.807) is 30.6 Å². The van der Waals surface area contributed by atoms with E-state index in [1.165, 1.54) is 0 Å². The highest BCUT2D eigenvalue weighted by Crippen LogP contribution is 2.30. The molecule has 2 heterocycles. The summed E-state index contributed by atoms with van der Waals surface area (Å²) in [6.45, 7) is 0.642. The minimum Gasteiger partial charge on any atom is -0.441 e. The van der Waals surface area contributed by atoms with Crippen LogP contribution in [0.2, 0.25) is 10.0 Å². The first kappa shape index (κ1) is 20.2. The van der Waals surface area contributed by atoms with Crippen LogP contribution in [0.15, 0.2) is 71.5 Å². The molecule has 0 atom stereocenters. The number of hydrogen-bond donors (Lipinski definition) is 1. The minimum absolute atomic E-state index is 0.115. The maximum Gasteiger partial charge on any atom is 0.224 e. The summed E-state index contributed by atoms with van der Waals surface area (Å²) in [5.74, 6) is 0.896. The molecular weight excluding hydrogens is 423 g/mol. The lowest BCUT2D eigenvalue weighted by Gasteiger charge is -2.07. The average Bonchev–Trinajstić information content (AvgIpc) is 3.39. The van der Waals surface area contributed by atoms with Gasteiger partial charge in [-0.3, -0.25) is 9.48 Å². The van der Waals surface area contributed by atoms with Crippen LogP contribution >= 0.6 is 23.2 Å². The summed E-state index contributed by atoms with van der Waals surface area (Å²) >= 11 is 12.1. The Bertz CT molecular complexity index is 1160. The Balaban J connectivity index is 1.34. The number of rotatable bonds is 7. The van der Waals surface area contributed by atoms with E-state index in [2.05, 4.69) is 15.4 Å². The van der Waals surface area contributed by atoms with Crippen LogP contribution < -0.4 is 5.32 Å². The van der Waals surface area contributed by atoms with Gasteiger partial charge in [0.15, 0.2) is 11.7 Å². The van der Waals surface area contributed by atoms with E-state index in [9.17, 15) is 4.79 Å². The topological polar surface area (TPSA) is 73.0 Å². The van der Waals surface area contributed by atoms with Crippen LogP contribution in [-0.2, 0) is 17.8 Å². The molecule has 1 amide bonds. The molecule has 0 unspecified atom stereocenters. The van der Waals surface area contributed by atoms with Crippen LogP contribution in [0.4, 0.5) is 5.69 Å². The van der Waals surface area contributed by atoms with Crippen LogP contribution in [0.3, 0.4) is 0 Å². The largest absolute Gasteiger partial charge is 0.441 e. The van der Waals surface area contributed by atoms with Gasteiger partial charge in [-0.1, -0.05) is 35.3 Å². The zero-order chi connectivity index (χ0) is 20.9. The van der Waals surface area contributed by atoms with Gasteiger partial charge in [-0.05, 0) is 42.0 Å².